The van der Waals surface area contributed by atoms with Gasteiger partial charge in [0.2, 0.25) is 0 Å². The lowest BCUT2D eigenvalue weighted by atomic mass is 9.88. The van der Waals surface area contributed by atoms with Gasteiger partial charge in [-0.1, -0.05) is 19.8 Å². The van der Waals surface area contributed by atoms with E-state index >= 15 is 0 Å². The fraction of sp³-hybridized carbons (Fsp3) is 1.00. The minimum absolute atomic E-state index is 0.352. The van der Waals surface area contributed by atoms with Crippen LogP contribution in [-0.2, 0) is 9.47 Å². The van der Waals surface area contributed by atoms with Crippen LogP contribution in [0.1, 0.15) is 51.9 Å². The van der Waals surface area contributed by atoms with E-state index in [2.05, 4.69) is 12.2 Å². The number of hydrogen-bond acceptors (Lipinski definition) is 4. The highest BCUT2D eigenvalue weighted by molar-refractivity contribution is 4.73. The minimum Gasteiger partial charge on any atom is -0.389 e. The second-order valence-electron chi connectivity index (χ2n) is 6.42. The Bertz CT molecular complexity index is 256. The van der Waals surface area contributed by atoms with Crippen LogP contribution in [0.4, 0.5) is 0 Å². The monoisotopic (exact) mass is 285 g/mol. The summed E-state index contributed by atoms with van der Waals surface area (Å²) in [7, 11) is 0. The molecule has 2 rings (SSSR count). The van der Waals surface area contributed by atoms with Gasteiger partial charge < -0.3 is 19.9 Å². The van der Waals surface area contributed by atoms with Gasteiger partial charge in [0.05, 0.1) is 24.9 Å². The van der Waals surface area contributed by atoms with Crippen LogP contribution in [0.3, 0.4) is 0 Å². The van der Waals surface area contributed by atoms with Gasteiger partial charge in [-0.3, -0.25) is 0 Å². The predicted octanol–water partition coefficient (Wildman–Crippen LogP) is 2.10. The van der Waals surface area contributed by atoms with E-state index in [9.17, 15) is 5.11 Å². The van der Waals surface area contributed by atoms with E-state index in [-0.39, 0.29) is 0 Å². The summed E-state index contributed by atoms with van der Waals surface area (Å²) in [4.78, 5) is 0. The fourth-order valence-corrected chi connectivity index (χ4v) is 3.23. The summed E-state index contributed by atoms with van der Waals surface area (Å²) in [5, 5.41) is 13.2. The molecule has 20 heavy (non-hydrogen) atoms. The molecule has 0 radical (unpaired) electrons. The Hall–Kier alpha value is -0.160. The zero-order valence-electron chi connectivity index (χ0n) is 12.9. The average Bonchev–Trinajstić information content (AvgIpc) is 2.96. The molecule has 0 aromatic heterocycles. The van der Waals surface area contributed by atoms with E-state index in [1.54, 1.807) is 0 Å². The third-order valence-electron chi connectivity index (χ3n) is 4.58. The predicted molar refractivity (Wildman–Crippen MR) is 79.8 cm³/mol. The van der Waals surface area contributed by atoms with Crippen molar-refractivity contribution in [2.45, 2.75) is 70.2 Å². The van der Waals surface area contributed by atoms with Crippen LogP contribution in [0.5, 0.6) is 0 Å². The summed E-state index contributed by atoms with van der Waals surface area (Å²) in [5.41, 5.74) is 0. The Labute approximate surface area is 123 Å². The van der Waals surface area contributed by atoms with Gasteiger partial charge in [0, 0.05) is 13.2 Å². The van der Waals surface area contributed by atoms with Crippen LogP contribution in [0.25, 0.3) is 0 Å². The Kier molecular flexibility index (Phi) is 7.28. The van der Waals surface area contributed by atoms with Crippen LogP contribution >= 0.6 is 0 Å². The highest BCUT2D eigenvalue weighted by Crippen LogP contribution is 2.26. The maximum Gasteiger partial charge on any atom is 0.0897 e. The van der Waals surface area contributed by atoms with E-state index in [4.69, 9.17) is 9.47 Å². The molecule has 2 N–H and O–H groups in total. The molecule has 1 aliphatic carbocycles. The topological polar surface area (TPSA) is 50.7 Å². The number of aliphatic hydroxyl groups is 1. The SMILES string of the molecule is CC1CCCCC1OCC(O)CNCCC1CCCO1. The quantitative estimate of drug-likeness (QED) is 0.671. The molecule has 0 aromatic rings. The van der Waals surface area contributed by atoms with E-state index in [0.717, 1.165) is 26.0 Å². The number of nitrogens with one attached hydrogen (secondary N) is 1. The normalized spacial score (nSPS) is 32.4. The molecule has 4 unspecified atom stereocenters. The highest BCUT2D eigenvalue weighted by Gasteiger charge is 2.22. The lowest BCUT2D eigenvalue weighted by molar-refractivity contribution is -0.0452. The number of hydrogen-bond donors (Lipinski definition) is 2. The number of ether oxygens (including phenoxy) is 2. The average molecular weight is 285 g/mol. The van der Waals surface area contributed by atoms with Crippen molar-refractivity contribution < 1.29 is 14.6 Å². The van der Waals surface area contributed by atoms with Crippen LogP contribution in [0.15, 0.2) is 0 Å². The first-order chi connectivity index (χ1) is 9.75. The van der Waals surface area contributed by atoms with Gasteiger partial charge in [0.1, 0.15) is 0 Å². The lowest BCUT2D eigenvalue weighted by Gasteiger charge is -2.29. The van der Waals surface area contributed by atoms with Gasteiger partial charge in [-0.2, -0.15) is 0 Å². The van der Waals surface area contributed by atoms with Gasteiger partial charge in [-0.05, 0) is 44.6 Å². The minimum atomic E-state index is -0.395. The molecule has 118 valence electrons. The van der Waals surface area contributed by atoms with Gasteiger partial charge in [-0.15, -0.1) is 0 Å². The molecule has 4 atom stereocenters. The summed E-state index contributed by atoms with van der Waals surface area (Å²) >= 11 is 0. The Balaban J connectivity index is 1.48. The van der Waals surface area contributed by atoms with Crippen molar-refractivity contribution >= 4 is 0 Å². The largest absolute Gasteiger partial charge is 0.389 e. The molecule has 1 aliphatic heterocycles. The zero-order valence-corrected chi connectivity index (χ0v) is 12.9. The molecular formula is C16H31NO3. The van der Waals surface area contributed by atoms with Crippen molar-refractivity contribution in [3.63, 3.8) is 0 Å². The van der Waals surface area contributed by atoms with Gasteiger partial charge in [0.15, 0.2) is 0 Å². The third-order valence-corrected chi connectivity index (χ3v) is 4.58. The molecule has 0 bridgehead atoms. The van der Waals surface area contributed by atoms with Crippen molar-refractivity contribution in [2.75, 3.05) is 26.3 Å². The highest BCUT2D eigenvalue weighted by atomic mass is 16.5. The van der Waals surface area contributed by atoms with Crippen molar-refractivity contribution in [2.24, 2.45) is 5.92 Å². The second-order valence-corrected chi connectivity index (χ2v) is 6.42. The Morgan fingerprint density at radius 2 is 2.10 bits per heavy atom. The van der Waals surface area contributed by atoms with Gasteiger partial charge in [0.25, 0.3) is 0 Å². The summed E-state index contributed by atoms with van der Waals surface area (Å²) in [5.74, 6) is 0.642. The van der Waals surface area contributed by atoms with Crippen LogP contribution in [0, 0.1) is 5.92 Å². The summed E-state index contributed by atoms with van der Waals surface area (Å²) in [6.07, 6.45) is 8.83. The van der Waals surface area contributed by atoms with Crippen molar-refractivity contribution in [1.29, 1.82) is 0 Å². The number of rotatable bonds is 8. The molecule has 4 nitrogen and oxygen atoms in total. The molecule has 0 aromatic carbocycles. The maximum absolute atomic E-state index is 9.94. The lowest BCUT2D eigenvalue weighted by Crippen LogP contribution is -2.35. The molecule has 4 heteroatoms. The third kappa shape index (κ3) is 5.68. The maximum atomic E-state index is 9.94. The Morgan fingerprint density at radius 3 is 2.85 bits per heavy atom. The first-order valence-corrected chi connectivity index (χ1v) is 8.37. The Morgan fingerprint density at radius 1 is 1.25 bits per heavy atom. The summed E-state index contributed by atoms with van der Waals surface area (Å²) in [6.45, 7) is 5.17. The standard InChI is InChI=1S/C16H31NO3/c1-13-5-2-3-7-16(13)20-12-14(18)11-17-9-8-15-6-4-10-19-15/h13-18H,2-12H2,1H3. The first kappa shape index (κ1) is 16.2. The van der Waals surface area contributed by atoms with Gasteiger partial charge in [-0.25, -0.2) is 0 Å². The van der Waals surface area contributed by atoms with Crippen molar-refractivity contribution in [3.05, 3.63) is 0 Å². The smallest absolute Gasteiger partial charge is 0.0897 e. The second kappa shape index (κ2) is 8.98. The van der Waals surface area contributed by atoms with E-state index in [0.29, 0.717) is 31.3 Å². The molecule has 2 fully saturated rings. The van der Waals surface area contributed by atoms with E-state index in [1.807, 2.05) is 0 Å². The van der Waals surface area contributed by atoms with E-state index in [1.165, 1.54) is 32.1 Å². The van der Waals surface area contributed by atoms with Crippen LogP contribution < -0.4 is 5.32 Å². The molecule has 1 saturated carbocycles. The zero-order chi connectivity index (χ0) is 14.2. The summed E-state index contributed by atoms with van der Waals surface area (Å²) < 4.78 is 11.4. The van der Waals surface area contributed by atoms with Crippen LogP contribution in [0.2, 0.25) is 0 Å². The van der Waals surface area contributed by atoms with Crippen LogP contribution in [-0.4, -0.2) is 49.7 Å². The molecule has 0 spiro atoms. The van der Waals surface area contributed by atoms with Gasteiger partial charge >= 0.3 is 0 Å². The number of aliphatic hydroxyl groups excluding tert-OH is 1. The first-order valence-electron chi connectivity index (χ1n) is 8.37. The molecule has 2 aliphatic rings. The molecular weight excluding hydrogens is 254 g/mol. The van der Waals surface area contributed by atoms with Crippen molar-refractivity contribution in [1.82, 2.24) is 5.32 Å². The van der Waals surface area contributed by atoms with E-state index < -0.39 is 6.10 Å². The fourth-order valence-electron chi connectivity index (χ4n) is 3.23. The molecule has 0 amide bonds. The summed E-state index contributed by atoms with van der Waals surface area (Å²) in [6, 6.07) is 0. The molecule has 1 saturated heterocycles. The van der Waals surface area contributed by atoms with Crippen molar-refractivity contribution in [3.8, 4) is 0 Å². The molecule has 1 heterocycles.